The summed E-state index contributed by atoms with van der Waals surface area (Å²) in [5.41, 5.74) is 10.5. The van der Waals surface area contributed by atoms with E-state index in [2.05, 4.69) is 101 Å². The normalized spacial score (nSPS) is 11.9. The van der Waals surface area contributed by atoms with Crippen LogP contribution in [0.2, 0.25) is 0 Å². The van der Waals surface area contributed by atoms with Gasteiger partial charge in [0.15, 0.2) is 0 Å². The SMILES string of the molecule is CCC(C)c1cc(C#Cc2ccccc2)cc(-c2nn(-c3ccc(Oc4ccc(-n5ccc(C(C)(C)CC)n5)cc4)cc3)cc2-c2ccccc2)c1. The van der Waals surface area contributed by atoms with Gasteiger partial charge in [-0.2, -0.15) is 10.2 Å². The van der Waals surface area contributed by atoms with Crippen molar-refractivity contribution in [2.45, 2.75) is 58.8 Å². The Bertz CT molecular complexity index is 2320. The zero-order valence-corrected chi connectivity index (χ0v) is 30.5. The second-order valence-corrected chi connectivity index (χ2v) is 13.9. The lowest BCUT2D eigenvalue weighted by molar-refractivity contribution is 0.481. The van der Waals surface area contributed by atoms with Gasteiger partial charge in [0.2, 0.25) is 0 Å². The van der Waals surface area contributed by atoms with Crippen molar-refractivity contribution in [3.63, 3.8) is 0 Å². The van der Waals surface area contributed by atoms with Crippen LogP contribution in [0.5, 0.6) is 11.5 Å². The molecule has 0 aliphatic rings. The predicted octanol–water partition coefficient (Wildman–Crippen LogP) is 11.8. The third-order valence-corrected chi connectivity index (χ3v) is 9.94. The monoisotopic (exact) mass is 680 g/mol. The average molecular weight is 681 g/mol. The summed E-state index contributed by atoms with van der Waals surface area (Å²) < 4.78 is 10.1. The third-order valence-electron chi connectivity index (χ3n) is 9.94. The van der Waals surface area contributed by atoms with Gasteiger partial charge in [-0.05, 0) is 115 Å². The maximum absolute atomic E-state index is 6.25. The van der Waals surface area contributed by atoms with Gasteiger partial charge in [0.05, 0.1) is 17.1 Å². The zero-order valence-electron chi connectivity index (χ0n) is 30.5. The van der Waals surface area contributed by atoms with Crippen molar-refractivity contribution in [1.82, 2.24) is 19.6 Å². The van der Waals surface area contributed by atoms with Crippen LogP contribution < -0.4 is 4.74 Å². The summed E-state index contributed by atoms with van der Waals surface area (Å²) in [5, 5.41) is 10.0. The van der Waals surface area contributed by atoms with Crippen molar-refractivity contribution >= 4 is 0 Å². The van der Waals surface area contributed by atoms with E-state index in [9.17, 15) is 0 Å². The fraction of sp³-hybridized carbons (Fsp3) is 0.191. The van der Waals surface area contributed by atoms with E-state index in [4.69, 9.17) is 14.9 Å². The largest absolute Gasteiger partial charge is 0.457 e. The van der Waals surface area contributed by atoms with Gasteiger partial charge in [-0.25, -0.2) is 9.36 Å². The van der Waals surface area contributed by atoms with Gasteiger partial charge >= 0.3 is 0 Å². The molecule has 0 spiro atoms. The smallest absolute Gasteiger partial charge is 0.127 e. The van der Waals surface area contributed by atoms with Crippen LogP contribution in [0.25, 0.3) is 33.8 Å². The van der Waals surface area contributed by atoms with Crippen molar-refractivity contribution < 1.29 is 4.74 Å². The molecule has 0 aliphatic heterocycles. The molecule has 0 saturated carbocycles. The molecule has 2 aromatic heterocycles. The van der Waals surface area contributed by atoms with E-state index in [-0.39, 0.29) is 5.41 Å². The lowest BCUT2D eigenvalue weighted by Gasteiger charge is -2.19. The highest BCUT2D eigenvalue weighted by molar-refractivity contribution is 5.81. The Morgan fingerprint density at radius 3 is 1.90 bits per heavy atom. The van der Waals surface area contributed by atoms with Crippen molar-refractivity contribution in [2.75, 3.05) is 0 Å². The second kappa shape index (κ2) is 15.0. The van der Waals surface area contributed by atoms with Crippen LogP contribution in [0, 0.1) is 11.8 Å². The van der Waals surface area contributed by atoms with Crippen molar-refractivity contribution in [3.8, 4) is 57.1 Å². The summed E-state index contributed by atoms with van der Waals surface area (Å²) in [6.07, 6.45) is 6.21. The molecule has 2 heterocycles. The molecule has 7 aromatic rings. The highest BCUT2D eigenvalue weighted by Gasteiger charge is 2.21. The third kappa shape index (κ3) is 7.62. The summed E-state index contributed by atoms with van der Waals surface area (Å²) in [6.45, 7) is 11.1. The second-order valence-electron chi connectivity index (χ2n) is 13.9. The first-order valence-electron chi connectivity index (χ1n) is 18.1. The number of nitrogens with zero attached hydrogens (tertiary/aromatic N) is 4. The predicted molar refractivity (Wildman–Crippen MR) is 213 cm³/mol. The molecule has 7 rings (SSSR count). The molecule has 0 fully saturated rings. The van der Waals surface area contributed by atoms with Gasteiger partial charge in [0, 0.05) is 40.1 Å². The van der Waals surface area contributed by atoms with E-state index in [0.29, 0.717) is 5.92 Å². The molecule has 1 atom stereocenters. The van der Waals surface area contributed by atoms with Gasteiger partial charge in [0.25, 0.3) is 0 Å². The number of hydrogen-bond acceptors (Lipinski definition) is 3. The minimum atomic E-state index is 0.0428. The van der Waals surface area contributed by atoms with Crippen LogP contribution in [0.4, 0.5) is 0 Å². The number of benzene rings is 5. The lowest BCUT2D eigenvalue weighted by atomic mass is 9.87. The molecule has 0 radical (unpaired) electrons. The molecular weight excluding hydrogens is 637 g/mol. The molecule has 0 saturated heterocycles. The minimum Gasteiger partial charge on any atom is -0.457 e. The molecule has 5 aromatic carbocycles. The van der Waals surface area contributed by atoms with E-state index in [1.165, 1.54) is 5.56 Å². The Morgan fingerprint density at radius 1 is 0.654 bits per heavy atom. The van der Waals surface area contributed by atoms with Crippen LogP contribution in [0.3, 0.4) is 0 Å². The Morgan fingerprint density at radius 2 is 1.27 bits per heavy atom. The van der Waals surface area contributed by atoms with Crippen LogP contribution in [-0.4, -0.2) is 19.6 Å². The quantitative estimate of drug-likeness (QED) is 0.135. The Kier molecular flexibility index (Phi) is 9.91. The van der Waals surface area contributed by atoms with E-state index < -0.39 is 0 Å². The van der Waals surface area contributed by atoms with Crippen LogP contribution in [0.1, 0.15) is 75.8 Å². The Hall–Kier alpha value is -6.12. The fourth-order valence-corrected chi connectivity index (χ4v) is 6.07. The zero-order chi connectivity index (χ0) is 36.1. The average Bonchev–Trinajstić information content (AvgIpc) is 3.88. The van der Waals surface area contributed by atoms with Crippen molar-refractivity contribution in [1.29, 1.82) is 0 Å². The highest BCUT2D eigenvalue weighted by Crippen LogP contribution is 2.35. The van der Waals surface area contributed by atoms with Gasteiger partial charge in [-0.1, -0.05) is 95.0 Å². The molecule has 52 heavy (non-hydrogen) atoms. The van der Waals surface area contributed by atoms with Crippen LogP contribution >= 0.6 is 0 Å². The van der Waals surface area contributed by atoms with Crippen molar-refractivity contribution in [3.05, 3.63) is 168 Å². The topological polar surface area (TPSA) is 44.9 Å². The minimum absolute atomic E-state index is 0.0428. The van der Waals surface area contributed by atoms with Crippen molar-refractivity contribution in [2.24, 2.45) is 0 Å². The van der Waals surface area contributed by atoms with E-state index >= 15 is 0 Å². The molecule has 0 N–H and O–H groups in total. The fourth-order valence-electron chi connectivity index (χ4n) is 6.07. The molecule has 0 aliphatic carbocycles. The molecule has 258 valence electrons. The number of rotatable bonds is 10. The van der Waals surface area contributed by atoms with Crippen LogP contribution in [-0.2, 0) is 5.41 Å². The molecule has 1 unspecified atom stereocenters. The summed E-state index contributed by atoms with van der Waals surface area (Å²) in [4.78, 5) is 0. The summed E-state index contributed by atoms with van der Waals surface area (Å²) in [6, 6.07) is 45.4. The molecule has 5 nitrogen and oxygen atoms in total. The molecule has 5 heteroatoms. The summed E-state index contributed by atoms with van der Waals surface area (Å²) >= 11 is 0. The van der Waals surface area contributed by atoms with Gasteiger partial charge < -0.3 is 4.74 Å². The van der Waals surface area contributed by atoms with Gasteiger partial charge in [0.1, 0.15) is 17.2 Å². The highest BCUT2D eigenvalue weighted by atomic mass is 16.5. The Balaban J connectivity index is 1.17. The van der Waals surface area contributed by atoms with E-state index in [1.807, 2.05) is 100 Å². The number of aromatic nitrogens is 4. The maximum atomic E-state index is 6.25. The molecule has 0 bridgehead atoms. The van der Waals surface area contributed by atoms with E-state index in [0.717, 1.165) is 74.9 Å². The summed E-state index contributed by atoms with van der Waals surface area (Å²) in [5.74, 6) is 8.68. The van der Waals surface area contributed by atoms with E-state index in [1.54, 1.807) is 0 Å². The van der Waals surface area contributed by atoms with Gasteiger partial charge in [-0.3, -0.25) is 0 Å². The standard InChI is InChI=1S/C47H44N4O/c1-6-34(3)38-30-36(19-18-35-14-10-8-11-15-35)31-39(32-38)46-44(37-16-12-9-13-17-37)33-51(49-46)41-22-26-43(27-23-41)52-42-24-20-40(21-25-42)50-29-28-45(48-50)47(4,5)7-2/h8-17,20-34H,6-7H2,1-5H3. The Labute approximate surface area is 307 Å². The van der Waals surface area contributed by atoms with Crippen LogP contribution in [0.15, 0.2) is 146 Å². The number of hydrogen-bond donors (Lipinski definition) is 0. The summed E-state index contributed by atoms with van der Waals surface area (Å²) in [7, 11) is 0. The van der Waals surface area contributed by atoms with Gasteiger partial charge in [-0.15, -0.1) is 0 Å². The lowest BCUT2D eigenvalue weighted by Crippen LogP contribution is -2.16. The number of ether oxygens (including phenoxy) is 1. The first-order chi connectivity index (χ1) is 25.3. The first-order valence-corrected chi connectivity index (χ1v) is 18.1. The molecule has 0 amide bonds. The maximum Gasteiger partial charge on any atom is 0.127 e. The molecular formula is C47H44N4O. The first kappa shape index (κ1) is 34.3.